The van der Waals surface area contributed by atoms with Crippen molar-refractivity contribution in [3.8, 4) is 6.07 Å². The van der Waals surface area contributed by atoms with Crippen LogP contribution in [-0.4, -0.2) is 11.9 Å². The van der Waals surface area contributed by atoms with Gasteiger partial charge < -0.3 is 10.6 Å². The number of thiophene rings is 1. The summed E-state index contributed by atoms with van der Waals surface area (Å²) in [4.78, 5) is 13.9. The van der Waals surface area contributed by atoms with Crippen molar-refractivity contribution in [2.75, 3.05) is 5.32 Å². The first-order valence-corrected chi connectivity index (χ1v) is 9.30. The van der Waals surface area contributed by atoms with Crippen molar-refractivity contribution in [1.82, 2.24) is 0 Å². The van der Waals surface area contributed by atoms with Crippen molar-refractivity contribution in [2.24, 2.45) is 0 Å². The summed E-state index contributed by atoms with van der Waals surface area (Å²) in [5.41, 5.74) is 2.17. The smallest absolute Gasteiger partial charge is 0.282 e. The molecule has 0 saturated carbocycles. The Labute approximate surface area is 157 Å². The van der Waals surface area contributed by atoms with Crippen LogP contribution in [0.5, 0.6) is 0 Å². The molecule has 3 rings (SSSR count). The van der Waals surface area contributed by atoms with Crippen LogP contribution in [0.2, 0.25) is 0 Å². The summed E-state index contributed by atoms with van der Waals surface area (Å²) in [6.07, 6.45) is 0. The van der Waals surface area contributed by atoms with Gasteiger partial charge in [-0.15, -0.1) is 11.3 Å². The van der Waals surface area contributed by atoms with Crippen molar-refractivity contribution >= 4 is 22.9 Å². The van der Waals surface area contributed by atoms with Crippen molar-refractivity contribution in [2.45, 2.75) is 19.0 Å². The maximum Gasteiger partial charge on any atom is 0.282 e. The predicted molar refractivity (Wildman–Crippen MR) is 104 cm³/mol. The van der Waals surface area contributed by atoms with Gasteiger partial charge in [0.05, 0.1) is 16.1 Å². The van der Waals surface area contributed by atoms with Crippen LogP contribution in [-0.2, 0) is 4.79 Å². The standard InChI is InChI=1S/C21H19N3OS/c1-15(21(25)24-18-11-6-5-10-17(18)14-22)23-20(19-12-7-13-26-19)16-8-3-2-4-9-16/h2-13,15,20,23H,1H3,(H,24,25)/p+1/t15-,20+/m0/s1. The molecule has 2 atom stereocenters. The highest BCUT2D eigenvalue weighted by atomic mass is 32.1. The van der Waals surface area contributed by atoms with E-state index in [1.54, 1.807) is 29.5 Å². The fourth-order valence-electron chi connectivity index (χ4n) is 2.81. The van der Waals surface area contributed by atoms with Gasteiger partial charge in [0.15, 0.2) is 6.04 Å². The molecular weight excluding hydrogens is 342 g/mol. The zero-order valence-corrected chi connectivity index (χ0v) is 15.2. The van der Waals surface area contributed by atoms with Gasteiger partial charge in [-0.2, -0.15) is 5.26 Å². The van der Waals surface area contributed by atoms with Gasteiger partial charge in [0.2, 0.25) is 0 Å². The van der Waals surface area contributed by atoms with Crippen molar-refractivity contribution in [3.05, 3.63) is 88.1 Å². The number of benzene rings is 2. The first-order valence-electron chi connectivity index (χ1n) is 8.42. The van der Waals surface area contributed by atoms with Crippen LogP contribution in [0.4, 0.5) is 5.69 Å². The van der Waals surface area contributed by atoms with Crippen LogP contribution in [0.25, 0.3) is 0 Å². The van der Waals surface area contributed by atoms with Crippen LogP contribution in [0.15, 0.2) is 72.1 Å². The Hall–Kier alpha value is -2.94. The van der Waals surface area contributed by atoms with Crippen LogP contribution >= 0.6 is 11.3 Å². The molecule has 3 N–H and O–H groups in total. The summed E-state index contributed by atoms with van der Waals surface area (Å²) >= 11 is 1.68. The highest BCUT2D eigenvalue weighted by Gasteiger charge is 2.25. The molecule has 0 aliphatic heterocycles. The Kier molecular flexibility index (Phi) is 5.80. The molecule has 0 spiro atoms. The van der Waals surface area contributed by atoms with E-state index in [9.17, 15) is 10.1 Å². The highest BCUT2D eigenvalue weighted by molar-refractivity contribution is 7.10. The predicted octanol–water partition coefficient (Wildman–Crippen LogP) is 3.30. The van der Waals surface area contributed by atoms with Crippen LogP contribution < -0.4 is 10.6 Å². The zero-order chi connectivity index (χ0) is 18.4. The van der Waals surface area contributed by atoms with Crippen LogP contribution in [0.1, 0.15) is 29.0 Å². The van der Waals surface area contributed by atoms with E-state index in [4.69, 9.17) is 0 Å². The number of nitriles is 1. The molecule has 26 heavy (non-hydrogen) atoms. The first-order chi connectivity index (χ1) is 12.7. The summed E-state index contributed by atoms with van der Waals surface area (Å²) in [5, 5.41) is 16.2. The quantitative estimate of drug-likeness (QED) is 0.706. The molecule has 3 aromatic rings. The maximum absolute atomic E-state index is 12.7. The molecule has 0 unspecified atom stereocenters. The highest BCUT2D eigenvalue weighted by Crippen LogP contribution is 2.22. The monoisotopic (exact) mass is 362 g/mol. The number of rotatable bonds is 6. The average Bonchev–Trinajstić information content (AvgIpc) is 3.21. The number of para-hydroxylation sites is 1. The van der Waals surface area contributed by atoms with Crippen LogP contribution in [0, 0.1) is 11.3 Å². The molecular formula is C21H20N3OS+. The minimum absolute atomic E-state index is 0.0585. The molecule has 0 aliphatic rings. The molecule has 130 valence electrons. The summed E-state index contributed by atoms with van der Waals surface area (Å²) in [6.45, 7) is 1.88. The number of nitrogens with two attached hydrogens (primary N) is 1. The lowest BCUT2D eigenvalue weighted by Gasteiger charge is -2.19. The minimum Gasteiger partial charge on any atom is -0.326 e. The zero-order valence-electron chi connectivity index (χ0n) is 14.4. The molecule has 0 aliphatic carbocycles. The normalized spacial score (nSPS) is 12.8. The fourth-order valence-corrected chi connectivity index (χ4v) is 3.64. The van der Waals surface area contributed by atoms with E-state index in [2.05, 4.69) is 34.9 Å². The number of nitrogens with one attached hydrogen (secondary N) is 1. The Bertz CT molecular complexity index is 901. The third-order valence-corrected chi connectivity index (χ3v) is 5.16. The lowest BCUT2D eigenvalue weighted by Crippen LogP contribution is -2.92. The van der Waals surface area contributed by atoms with Crippen LogP contribution in [0.3, 0.4) is 0 Å². The molecule has 1 amide bonds. The molecule has 5 heteroatoms. The summed E-state index contributed by atoms with van der Waals surface area (Å²) in [6, 6.07) is 23.2. The van der Waals surface area contributed by atoms with E-state index in [0.29, 0.717) is 11.3 Å². The number of hydrogen-bond acceptors (Lipinski definition) is 3. The van der Waals surface area contributed by atoms with Gasteiger partial charge in [-0.1, -0.05) is 48.5 Å². The second-order valence-corrected chi connectivity index (χ2v) is 7.01. The van der Waals surface area contributed by atoms with Gasteiger partial charge in [-0.3, -0.25) is 4.79 Å². The van der Waals surface area contributed by atoms with E-state index < -0.39 is 0 Å². The second kappa shape index (κ2) is 8.43. The molecule has 0 radical (unpaired) electrons. The van der Waals surface area contributed by atoms with Gasteiger partial charge >= 0.3 is 0 Å². The lowest BCUT2D eigenvalue weighted by atomic mass is 10.0. The first kappa shape index (κ1) is 17.9. The SMILES string of the molecule is C[C@H]([NH2+][C@H](c1ccccc1)c1cccs1)C(=O)Nc1ccccc1C#N. The number of carbonyl (C=O) groups is 1. The summed E-state index contributed by atoms with van der Waals surface area (Å²) in [5.74, 6) is -0.120. The number of amides is 1. The van der Waals surface area contributed by atoms with Crippen molar-refractivity contribution < 1.29 is 10.1 Å². The molecule has 0 saturated heterocycles. The third-order valence-electron chi connectivity index (χ3n) is 4.21. The Morgan fingerprint density at radius 3 is 2.50 bits per heavy atom. The van der Waals surface area contributed by atoms with E-state index in [1.165, 1.54) is 4.88 Å². The van der Waals surface area contributed by atoms with Gasteiger partial charge in [-0.25, -0.2) is 0 Å². The summed E-state index contributed by atoms with van der Waals surface area (Å²) in [7, 11) is 0. The van der Waals surface area contributed by atoms with Gasteiger partial charge in [0, 0.05) is 5.56 Å². The Morgan fingerprint density at radius 1 is 1.08 bits per heavy atom. The number of quaternary nitrogens is 1. The second-order valence-electron chi connectivity index (χ2n) is 6.03. The molecule has 2 aromatic carbocycles. The third kappa shape index (κ3) is 4.17. The maximum atomic E-state index is 12.7. The largest absolute Gasteiger partial charge is 0.326 e. The fraction of sp³-hybridized carbons (Fsp3) is 0.143. The van der Waals surface area contributed by atoms with Gasteiger partial charge in [0.25, 0.3) is 5.91 Å². The number of anilines is 1. The Balaban J connectivity index is 1.77. The van der Waals surface area contributed by atoms with E-state index in [0.717, 1.165) is 5.56 Å². The van der Waals surface area contributed by atoms with Gasteiger partial charge in [0.1, 0.15) is 12.1 Å². The lowest BCUT2D eigenvalue weighted by molar-refractivity contribution is -0.703. The van der Waals surface area contributed by atoms with Crippen molar-refractivity contribution in [1.29, 1.82) is 5.26 Å². The molecule has 1 heterocycles. The van der Waals surface area contributed by atoms with Crippen molar-refractivity contribution in [3.63, 3.8) is 0 Å². The van der Waals surface area contributed by atoms with Gasteiger partial charge in [-0.05, 0) is 30.5 Å². The number of carbonyl (C=O) groups excluding carboxylic acids is 1. The number of hydrogen-bond donors (Lipinski definition) is 2. The van der Waals surface area contributed by atoms with E-state index >= 15 is 0 Å². The average molecular weight is 362 g/mol. The van der Waals surface area contributed by atoms with E-state index in [-0.39, 0.29) is 18.0 Å². The molecule has 1 aromatic heterocycles. The van der Waals surface area contributed by atoms with E-state index in [1.807, 2.05) is 42.6 Å². The molecule has 0 bridgehead atoms. The number of nitrogens with zero attached hydrogens (tertiary/aromatic N) is 1. The Morgan fingerprint density at radius 2 is 1.81 bits per heavy atom. The minimum atomic E-state index is -0.311. The molecule has 4 nitrogen and oxygen atoms in total. The summed E-state index contributed by atoms with van der Waals surface area (Å²) < 4.78 is 0. The molecule has 0 fully saturated rings. The topological polar surface area (TPSA) is 69.5 Å².